The van der Waals surface area contributed by atoms with E-state index in [0.717, 1.165) is 12.8 Å². The first kappa shape index (κ1) is 10.7. The molecule has 4 atom stereocenters. The van der Waals surface area contributed by atoms with Gasteiger partial charge in [-0.3, -0.25) is 4.79 Å². The molecule has 15 heavy (non-hydrogen) atoms. The molecule has 0 aromatic heterocycles. The quantitative estimate of drug-likeness (QED) is 0.598. The summed E-state index contributed by atoms with van der Waals surface area (Å²) in [7, 11) is 0. The number of hydrogen-bond donors (Lipinski definition) is 0. The molecule has 1 saturated carbocycles. The van der Waals surface area contributed by atoms with Crippen LogP contribution in [0.2, 0.25) is 0 Å². The number of carbonyl (C=O) groups excluding carboxylic acids is 1. The van der Waals surface area contributed by atoms with Crippen LogP contribution < -0.4 is 0 Å². The average Bonchev–Trinajstić information content (AvgIpc) is 2.16. The molecule has 0 aromatic carbocycles. The van der Waals surface area contributed by atoms with Crippen LogP contribution in [0.4, 0.5) is 0 Å². The molecule has 2 aliphatic rings. The minimum Gasteiger partial charge on any atom is -0.300 e. The molecule has 0 saturated heterocycles. The van der Waals surface area contributed by atoms with E-state index in [4.69, 9.17) is 0 Å². The van der Waals surface area contributed by atoms with Gasteiger partial charge in [0.15, 0.2) is 0 Å². The highest BCUT2D eigenvalue weighted by molar-refractivity contribution is 5.78. The highest BCUT2D eigenvalue weighted by Crippen LogP contribution is 2.53. The van der Waals surface area contributed by atoms with Gasteiger partial charge in [0.2, 0.25) is 0 Å². The Bertz CT molecular complexity index is 339. The van der Waals surface area contributed by atoms with Crippen molar-refractivity contribution in [1.29, 1.82) is 0 Å². The highest BCUT2D eigenvalue weighted by atomic mass is 16.1. The highest BCUT2D eigenvalue weighted by Gasteiger charge is 2.45. The van der Waals surface area contributed by atoms with Crippen LogP contribution in [0.15, 0.2) is 24.3 Å². The van der Waals surface area contributed by atoms with Crippen LogP contribution in [-0.2, 0) is 4.79 Å². The average molecular weight is 204 g/mol. The minimum atomic E-state index is 0.147. The Morgan fingerprint density at radius 3 is 2.80 bits per heavy atom. The molecule has 0 aliphatic heterocycles. The summed E-state index contributed by atoms with van der Waals surface area (Å²) in [6.07, 6.45) is 6.52. The second-order valence-corrected chi connectivity index (χ2v) is 5.47. The molecule has 0 amide bonds. The van der Waals surface area contributed by atoms with E-state index in [0.29, 0.717) is 17.6 Å². The van der Waals surface area contributed by atoms with Crippen LogP contribution in [0.5, 0.6) is 0 Å². The smallest absolute Gasteiger partial charge is 0.132 e. The molecule has 2 rings (SSSR count). The molecule has 0 heterocycles. The van der Waals surface area contributed by atoms with E-state index >= 15 is 0 Å². The topological polar surface area (TPSA) is 17.1 Å². The van der Waals surface area contributed by atoms with Crippen molar-refractivity contribution < 1.29 is 4.79 Å². The fourth-order valence-corrected chi connectivity index (χ4v) is 3.09. The lowest BCUT2D eigenvalue weighted by Gasteiger charge is -2.49. The number of carbonyl (C=O) groups is 1. The van der Waals surface area contributed by atoms with Gasteiger partial charge < -0.3 is 0 Å². The number of Topliss-reactive ketones (excluding diaryl/α,β-unsaturated/α-hetero) is 1. The van der Waals surface area contributed by atoms with Crippen LogP contribution in [0.25, 0.3) is 0 Å². The van der Waals surface area contributed by atoms with Crippen molar-refractivity contribution in [3.63, 3.8) is 0 Å². The van der Waals surface area contributed by atoms with Crippen LogP contribution in [0.1, 0.15) is 33.6 Å². The largest absolute Gasteiger partial charge is 0.300 e. The lowest BCUT2D eigenvalue weighted by molar-refractivity contribution is -0.123. The maximum Gasteiger partial charge on any atom is 0.132 e. The van der Waals surface area contributed by atoms with Gasteiger partial charge in [-0.2, -0.15) is 0 Å². The van der Waals surface area contributed by atoms with E-state index in [1.807, 2.05) is 0 Å². The SMILES string of the molecule is C=C1[C@H]2C=C[C@@H](C)[C@]1(C)C[C@H](C(C)=O)C2. The Kier molecular flexibility index (Phi) is 2.37. The predicted molar refractivity (Wildman–Crippen MR) is 62.4 cm³/mol. The van der Waals surface area contributed by atoms with E-state index in [-0.39, 0.29) is 11.3 Å². The Balaban J connectivity index is 2.36. The van der Waals surface area contributed by atoms with Gasteiger partial charge in [-0.15, -0.1) is 0 Å². The number of fused-ring (bicyclic) bond motifs is 2. The third-order valence-corrected chi connectivity index (χ3v) is 4.60. The summed E-state index contributed by atoms with van der Waals surface area (Å²) >= 11 is 0. The van der Waals surface area contributed by atoms with Gasteiger partial charge in [0.05, 0.1) is 0 Å². The maximum absolute atomic E-state index is 11.5. The molecule has 0 radical (unpaired) electrons. The van der Waals surface area contributed by atoms with E-state index in [9.17, 15) is 4.79 Å². The lowest BCUT2D eigenvalue weighted by Crippen LogP contribution is -2.41. The standard InChI is InChI=1S/C14H20O/c1-9-5-6-12-7-13(11(3)15)8-14(9,4)10(12)2/h5-6,9,12-13H,2,7-8H2,1,3-4H3/t9-,12+,13-,14+/m1/s1. The van der Waals surface area contributed by atoms with Gasteiger partial charge in [0, 0.05) is 5.92 Å². The summed E-state index contributed by atoms with van der Waals surface area (Å²) in [6, 6.07) is 0. The zero-order chi connectivity index (χ0) is 11.2. The molecule has 0 spiro atoms. The van der Waals surface area contributed by atoms with Gasteiger partial charge in [0.25, 0.3) is 0 Å². The van der Waals surface area contributed by atoms with E-state index in [1.54, 1.807) is 6.92 Å². The van der Waals surface area contributed by atoms with Crippen LogP contribution in [0, 0.1) is 23.2 Å². The molecule has 0 unspecified atom stereocenters. The summed E-state index contributed by atoms with van der Waals surface area (Å²) in [4.78, 5) is 11.5. The molecule has 1 heteroatoms. The number of allylic oxidation sites excluding steroid dienone is 3. The molecule has 2 aliphatic carbocycles. The Hall–Kier alpha value is -0.850. The van der Waals surface area contributed by atoms with E-state index in [1.165, 1.54) is 5.57 Å². The van der Waals surface area contributed by atoms with E-state index < -0.39 is 0 Å². The zero-order valence-corrected chi connectivity index (χ0v) is 9.92. The van der Waals surface area contributed by atoms with Crippen molar-refractivity contribution in [2.45, 2.75) is 33.6 Å². The maximum atomic E-state index is 11.5. The summed E-state index contributed by atoms with van der Waals surface area (Å²) in [5.74, 6) is 1.55. The van der Waals surface area contributed by atoms with Crippen LogP contribution in [-0.4, -0.2) is 5.78 Å². The molecule has 1 nitrogen and oxygen atoms in total. The molecule has 1 fully saturated rings. The summed E-state index contributed by atoms with van der Waals surface area (Å²) < 4.78 is 0. The second kappa shape index (κ2) is 3.33. The Morgan fingerprint density at radius 2 is 2.20 bits per heavy atom. The molecule has 0 aromatic rings. The van der Waals surface area contributed by atoms with Crippen molar-refractivity contribution in [2.24, 2.45) is 23.2 Å². The first-order chi connectivity index (χ1) is 6.95. The monoisotopic (exact) mass is 204 g/mol. The first-order valence-electron chi connectivity index (χ1n) is 5.83. The van der Waals surface area contributed by atoms with Crippen LogP contribution in [0.3, 0.4) is 0 Å². The normalized spacial score (nSPS) is 44.2. The van der Waals surface area contributed by atoms with Crippen molar-refractivity contribution in [1.82, 2.24) is 0 Å². The summed E-state index contributed by atoms with van der Waals surface area (Å²) in [5, 5.41) is 0. The summed E-state index contributed by atoms with van der Waals surface area (Å²) in [6.45, 7) is 10.5. The number of hydrogen-bond acceptors (Lipinski definition) is 1. The first-order valence-corrected chi connectivity index (χ1v) is 5.83. The lowest BCUT2D eigenvalue weighted by atomic mass is 9.55. The van der Waals surface area contributed by atoms with Gasteiger partial charge in [0.1, 0.15) is 5.78 Å². The number of ketones is 1. The minimum absolute atomic E-state index is 0.147. The third-order valence-electron chi connectivity index (χ3n) is 4.60. The molecular weight excluding hydrogens is 184 g/mol. The Morgan fingerprint density at radius 1 is 1.53 bits per heavy atom. The second-order valence-electron chi connectivity index (χ2n) is 5.47. The molecular formula is C14H20O. The molecule has 82 valence electrons. The predicted octanol–water partition coefficient (Wildman–Crippen LogP) is 3.37. The fourth-order valence-electron chi connectivity index (χ4n) is 3.09. The van der Waals surface area contributed by atoms with Crippen molar-refractivity contribution in [2.75, 3.05) is 0 Å². The fraction of sp³-hybridized carbons (Fsp3) is 0.643. The van der Waals surface area contributed by atoms with Gasteiger partial charge in [-0.1, -0.05) is 38.2 Å². The van der Waals surface area contributed by atoms with Crippen molar-refractivity contribution >= 4 is 5.78 Å². The van der Waals surface area contributed by atoms with E-state index in [2.05, 4.69) is 32.6 Å². The van der Waals surface area contributed by atoms with Crippen molar-refractivity contribution in [3.8, 4) is 0 Å². The number of rotatable bonds is 1. The van der Waals surface area contributed by atoms with Gasteiger partial charge in [-0.05, 0) is 37.0 Å². The summed E-state index contributed by atoms with van der Waals surface area (Å²) in [5.41, 5.74) is 1.49. The molecule has 2 bridgehead atoms. The van der Waals surface area contributed by atoms with Crippen molar-refractivity contribution in [3.05, 3.63) is 24.3 Å². The molecule has 0 N–H and O–H groups in total. The third kappa shape index (κ3) is 1.49. The van der Waals surface area contributed by atoms with Gasteiger partial charge >= 0.3 is 0 Å². The zero-order valence-electron chi connectivity index (χ0n) is 9.92. The van der Waals surface area contributed by atoms with Crippen LogP contribution >= 0.6 is 0 Å². The van der Waals surface area contributed by atoms with Gasteiger partial charge in [-0.25, -0.2) is 0 Å². The Labute approximate surface area is 92.3 Å².